The van der Waals surface area contributed by atoms with Gasteiger partial charge in [-0.2, -0.15) is 4.31 Å². The fourth-order valence-corrected chi connectivity index (χ4v) is 5.00. The largest absolute Gasteiger partial charge is 0.392 e. The van der Waals surface area contributed by atoms with E-state index in [9.17, 15) is 8.42 Å². The monoisotopic (exact) mass is 305 g/mol. The Kier molecular flexibility index (Phi) is 4.97. The van der Waals surface area contributed by atoms with E-state index < -0.39 is 10.0 Å². The second-order valence-electron chi connectivity index (χ2n) is 4.49. The summed E-state index contributed by atoms with van der Waals surface area (Å²) in [6.07, 6.45) is 1.66. The first-order valence-corrected chi connectivity index (χ1v) is 8.70. The van der Waals surface area contributed by atoms with Gasteiger partial charge in [0.2, 0.25) is 0 Å². The van der Waals surface area contributed by atoms with E-state index in [4.69, 9.17) is 9.84 Å². The van der Waals surface area contributed by atoms with Crippen molar-refractivity contribution < 1.29 is 18.3 Å². The summed E-state index contributed by atoms with van der Waals surface area (Å²) in [6.45, 7) is 3.49. The van der Waals surface area contributed by atoms with Crippen LogP contribution in [0.15, 0.2) is 15.7 Å². The minimum absolute atomic E-state index is 0.127. The lowest BCUT2D eigenvalue weighted by Gasteiger charge is -2.30. The van der Waals surface area contributed by atoms with Crippen LogP contribution in [0, 0.1) is 0 Å². The number of thiophene rings is 1. The number of ether oxygens (including phenoxy) is 1. The van der Waals surface area contributed by atoms with Crippen LogP contribution in [0.2, 0.25) is 0 Å². The van der Waals surface area contributed by atoms with Crippen molar-refractivity contribution in [1.82, 2.24) is 4.31 Å². The minimum Gasteiger partial charge on any atom is -0.392 e. The molecular weight excluding hydrogens is 286 g/mol. The van der Waals surface area contributed by atoms with Gasteiger partial charge in [0, 0.05) is 19.7 Å². The molecule has 108 valence electrons. The smallest absolute Gasteiger partial charge is 0.252 e. The molecule has 1 aliphatic heterocycles. The van der Waals surface area contributed by atoms with Crippen LogP contribution >= 0.6 is 11.3 Å². The van der Waals surface area contributed by atoms with Gasteiger partial charge in [-0.25, -0.2) is 8.42 Å². The highest BCUT2D eigenvalue weighted by atomic mass is 32.2. The first kappa shape index (κ1) is 14.9. The molecule has 1 aromatic heterocycles. The van der Waals surface area contributed by atoms with Crippen LogP contribution in [0.1, 0.15) is 25.3 Å². The summed E-state index contributed by atoms with van der Waals surface area (Å²) < 4.78 is 32.1. The molecule has 0 bridgehead atoms. The third kappa shape index (κ3) is 3.35. The van der Waals surface area contributed by atoms with Crippen molar-refractivity contribution >= 4 is 21.4 Å². The molecule has 5 nitrogen and oxygen atoms in total. The molecule has 1 fully saturated rings. The minimum atomic E-state index is -3.40. The molecule has 0 aromatic carbocycles. The molecule has 0 spiro atoms. The normalized spacial score (nSPS) is 18.8. The maximum absolute atomic E-state index is 12.4. The van der Waals surface area contributed by atoms with Crippen molar-refractivity contribution in [2.24, 2.45) is 0 Å². The van der Waals surface area contributed by atoms with E-state index in [1.165, 1.54) is 4.31 Å². The average Bonchev–Trinajstić information content (AvgIpc) is 2.89. The number of hydrogen-bond acceptors (Lipinski definition) is 5. The Morgan fingerprint density at radius 2 is 2.16 bits per heavy atom. The summed E-state index contributed by atoms with van der Waals surface area (Å²) in [5, 5.41) is 10.7. The van der Waals surface area contributed by atoms with E-state index in [-0.39, 0.29) is 12.7 Å². The summed E-state index contributed by atoms with van der Waals surface area (Å²) >= 11 is 1.16. The van der Waals surface area contributed by atoms with Crippen LogP contribution in [0.3, 0.4) is 0 Å². The lowest BCUT2D eigenvalue weighted by atomic mass is 10.1. The average molecular weight is 305 g/mol. The predicted octanol–water partition coefficient (Wildman–Crippen LogP) is 1.43. The van der Waals surface area contributed by atoms with Crippen LogP contribution in [0.4, 0.5) is 0 Å². The Bertz CT molecular complexity index is 504. The topological polar surface area (TPSA) is 66.8 Å². The SMILES string of the molecule is CCOC1CCN(S(=O)(=O)c2cc(CO)cs2)CC1. The molecule has 1 N–H and O–H groups in total. The van der Waals surface area contributed by atoms with Gasteiger partial charge in [-0.05, 0) is 36.8 Å². The van der Waals surface area contributed by atoms with E-state index in [1.807, 2.05) is 6.92 Å². The molecule has 0 amide bonds. The standard InChI is InChI=1S/C12H19NO4S2/c1-2-17-11-3-5-13(6-4-11)19(15,16)12-7-10(8-14)9-18-12/h7,9,11,14H,2-6,8H2,1H3. The highest BCUT2D eigenvalue weighted by Crippen LogP contribution is 2.26. The van der Waals surface area contributed by atoms with Crippen molar-refractivity contribution in [3.05, 3.63) is 17.0 Å². The highest BCUT2D eigenvalue weighted by Gasteiger charge is 2.30. The second-order valence-corrected chi connectivity index (χ2v) is 7.57. The maximum atomic E-state index is 12.4. The quantitative estimate of drug-likeness (QED) is 0.893. The number of aliphatic hydroxyl groups excluding tert-OH is 1. The molecule has 0 aliphatic carbocycles. The van der Waals surface area contributed by atoms with Gasteiger partial charge in [0.1, 0.15) is 4.21 Å². The molecule has 0 atom stereocenters. The van der Waals surface area contributed by atoms with Crippen LogP contribution in [-0.2, 0) is 21.4 Å². The summed E-state index contributed by atoms with van der Waals surface area (Å²) in [6, 6.07) is 1.55. The zero-order valence-electron chi connectivity index (χ0n) is 10.9. The molecule has 2 rings (SSSR count). The Balaban J connectivity index is 2.05. The highest BCUT2D eigenvalue weighted by molar-refractivity contribution is 7.91. The van der Waals surface area contributed by atoms with Crippen molar-refractivity contribution in [3.63, 3.8) is 0 Å². The Labute approximate surface area is 117 Å². The van der Waals surface area contributed by atoms with Gasteiger partial charge in [-0.1, -0.05) is 0 Å². The van der Waals surface area contributed by atoms with E-state index in [0.717, 1.165) is 24.2 Å². The van der Waals surface area contributed by atoms with Gasteiger partial charge in [-0.15, -0.1) is 11.3 Å². The van der Waals surface area contributed by atoms with Crippen molar-refractivity contribution in [2.75, 3.05) is 19.7 Å². The van der Waals surface area contributed by atoms with E-state index in [0.29, 0.717) is 29.5 Å². The maximum Gasteiger partial charge on any atom is 0.252 e. The Morgan fingerprint density at radius 1 is 1.47 bits per heavy atom. The van der Waals surface area contributed by atoms with E-state index in [1.54, 1.807) is 11.4 Å². The van der Waals surface area contributed by atoms with Crippen LogP contribution < -0.4 is 0 Å². The first-order chi connectivity index (χ1) is 9.07. The molecule has 19 heavy (non-hydrogen) atoms. The molecule has 2 heterocycles. The third-order valence-corrected chi connectivity index (χ3v) is 6.57. The zero-order chi connectivity index (χ0) is 13.9. The summed E-state index contributed by atoms with van der Waals surface area (Å²) in [5.74, 6) is 0. The summed E-state index contributed by atoms with van der Waals surface area (Å²) in [5.41, 5.74) is 0.646. The van der Waals surface area contributed by atoms with Gasteiger partial charge >= 0.3 is 0 Å². The third-order valence-electron chi connectivity index (χ3n) is 3.21. The predicted molar refractivity (Wildman–Crippen MR) is 73.6 cm³/mol. The molecule has 0 saturated carbocycles. The lowest BCUT2D eigenvalue weighted by molar-refractivity contribution is 0.0290. The molecule has 1 aliphatic rings. The Morgan fingerprint density at radius 3 is 2.68 bits per heavy atom. The molecule has 0 unspecified atom stereocenters. The Hall–Kier alpha value is -0.470. The molecular formula is C12H19NO4S2. The number of piperidine rings is 1. The van der Waals surface area contributed by atoms with Gasteiger partial charge in [0.25, 0.3) is 10.0 Å². The summed E-state index contributed by atoms with van der Waals surface area (Å²) in [4.78, 5) is 0. The fourth-order valence-electron chi connectivity index (χ4n) is 2.17. The van der Waals surface area contributed by atoms with Gasteiger partial charge in [0.05, 0.1) is 12.7 Å². The van der Waals surface area contributed by atoms with E-state index in [2.05, 4.69) is 0 Å². The zero-order valence-corrected chi connectivity index (χ0v) is 12.5. The molecule has 7 heteroatoms. The van der Waals surface area contributed by atoms with Gasteiger partial charge < -0.3 is 9.84 Å². The van der Waals surface area contributed by atoms with E-state index >= 15 is 0 Å². The molecule has 0 radical (unpaired) electrons. The number of hydrogen-bond donors (Lipinski definition) is 1. The van der Waals surface area contributed by atoms with Gasteiger partial charge in [0.15, 0.2) is 0 Å². The van der Waals surface area contributed by atoms with Crippen molar-refractivity contribution in [2.45, 2.75) is 36.7 Å². The van der Waals surface area contributed by atoms with Gasteiger partial charge in [-0.3, -0.25) is 0 Å². The molecule has 1 aromatic rings. The second kappa shape index (κ2) is 6.32. The lowest BCUT2D eigenvalue weighted by Crippen LogP contribution is -2.40. The number of rotatable bonds is 5. The van der Waals surface area contributed by atoms with Crippen LogP contribution in [-0.4, -0.2) is 43.6 Å². The summed E-state index contributed by atoms with van der Waals surface area (Å²) in [7, 11) is -3.40. The number of sulfonamides is 1. The van der Waals surface area contributed by atoms with Crippen LogP contribution in [0.25, 0.3) is 0 Å². The first-order valence-electron chi connectivity index (χ1n) is 6.38. The van der Waals surface area contributed by atoms with Crippen molar-refractivity contribution in [1.29, 1.82) is 0 Å². The number of aliphatic hydroxyl groups is 1. The van der Waals surface area contributed by atoms with Crippen molar-refractivity contribution in [3.8, 4) is 0 Å². The van der Waals surface area contributed by atoms with Crippen LogP contribution in [0.5, 0.6) is 0 Å². The fraction of sp³-hybridized carbons (Fsp3) is 0.667. The molecule has 1 saturated heterocycles. The number of nitrogens with zero attached hydrogens (tertiary/aromatic N) is 1.